The van der Waals surface area contributed by atoms with E-state index in [4.69, 9.17) is 9.47 Å². The van der Waals surface area contributed by atoms with Gasteiger partial charge in [0.2, 0.25) is 0 Å². The molecule has 0 aliphatic carbocycles. The van der Waals surface area contributed by atoms with Crippen molar-refractivity contribution in [2.75, 3.05) is 38.7 Å². The third-order valence-electron chi connectivity index (χ3n) is 4.20. The van der Waals surface area contributed by atoms with Gasteiger partial charge in [-0.05, 0) is 17.5 Å². The van der Waals surface area contributed by atoms with Crippen molar-refractivity contribution >= 4 is 5.69 Å². The molecule has 1 aromatic rings. The number of hydrogen-bond donors (Lipinski definition) is 2. The van der Waals surface area contributed by atoms with Gasteiger partial charge in [0.05, 0.1) is 6.61 Å². The Hall–Kier alpha value is -1.10. The molecule has 2 N–H and O–H groups in total. The van der Waals surface area contributed by atoms with Gasteiger partial charge in [-0.25, -0.2) is 0 Å². The van der Waals surface area contributed by atoms with E-state index in [2.05, 4.69) is 28.8 Å². The van der Waals surface area contributed by atoms with Gasteiger partial charge in [-0.3, -0.25) is 0 Å². The van der Waals surface area contributed by atoms with Crippen molar-refractivity contribution in [3.8, 4) is 0 Å². The Kier molecular flexibility index (Phi) is 3.73. The highest BCUT2D eigenvalue weighted by atomic mass is 16.5. The van der Waals surface area contributed by atoms with Gasteiger partial charge >= 0.3 is 0 Å². The molecule has 0 spiro atoms. The molecule has 0 amide bonds. The van der Waals surface area contributed by atoms with Gasteiger partial charge in [-0.15, -0.1) is 0 Å². The quantitative estimate of drug-likeness (QED) is 0.845. The number of ether oxygens (including phenoxy) is 2. The van der Waals surface area contributed by atoms with Gasteiger partial charge in [0.15, 0.2) is 0 Å². The van der Waals surface area contributed by atoms with Gasteiger partial charge in [0.1, 0.15) is 5.60 Å². The Morgan fingerprint density at radius 1 is 1.47 bits per heavy atom. The van der Waals surface area contributed by atoms with Crippen LogP contribution in [0.2, 0.25) is 0 Å². The highest BCUT2D eigenvalue weighted by Gasteiger charge is 2.34. The number of nitrogens with one attached hydrogen (secondary N) is 2. The third-order valence-corrected chi connectivity index (χ3v) is 4.20. The number of anilines is 1. The summed E-state index contributed by atoms with van der Waals surface area (Å²) in [5.74, 6) is 0. The summed E-state index contributed by atoms with van der Waals surface area (Å²) in [4.78, 5) is 0. The molecule has 2 heterocycles. The average Bonchev–Trinajstić information content (AvgIpc) is 3.08. The summed E-state index contributed by atoms with van der Waals surface area (Å²) in [6.07, 6.45) is 2.11. The lowest BCUT2D eigenvalue weighted by molar-refractivity contribution is -0.0159. The standard InChI is InChI=1S/C15H22N2O2/c1-18-15(6-8-19-11-15)10-16-9-13-4-2-3-12-5-7-17-14(12)13/h2-4,16-17H,5-11H2,1H3. The zero-order valence-electron chi connectivity index (χ0n) is 11.5. The van der Waals surface area contributed by atoms with Crippen molar-refractivity contribution in [1.29, 1.82) is 0 Å². The monoisotopic (exact) mass is 262 g/mol. The van der Waals surface area contributed by atoms with Gasteiger partial charge in [-0.1, -0.05) is 18.2 Å². The summed E-state index contributed by atoms with van der Waals surface area (Å²) < 4.78 is 11.1. The van der Waals surface area contributed by atoms with Crippen molar-refractivity contribution < 1.29 is 9.47 Å². The maximum atomic E-state index is 5.63. The van der Waals surface area contributed by atoms with Crippen LogP contribution in [0.1, 0.15) is 17.5 Å². The molecule has 1 saturated heterocycles. The summed E-state index contributed by atoms with van der Waals surface area (Å²) in [6, 6.07) is 6.54. The predicted octanol–water partition coefficient (Wildman–Crippen LogP) is 1.55. The Balaban J connectivity index is 1.59. The Bertz CT molecular complexity index is 442. The Labute approximate surface area is 114 Å². The van der Waals surface area contributed by atoms with Crippen LogP contribution in [0.3, 0.4) is 0 Å². The van der Waals surface area contributed by atoms with Gasteiger partial charge in [0.25, 0.3) is 0 Å². The molecule has 19 heavy (non-hydrogen) atoms. The molecule has 4 nitrogen and oxygen atoms in total. The first-order valence-corrected chi connectivity index (χ1v) is 7.01. The summed E-state index contributed by atoms with van der Waals surface area (Å²) in [5.41, 5.74) is 3.97. The van der Waals surface area contributed by atoms with Crippen molar-refractivity contribution in [2.45, 2.75) is 25.0 Å². The molecule has 104 valence electrons. The summed E-state index contributed by atoms with van der Waals surface area (Å²) in [5, 5.41) is 6.99. The minimum absolute atomic E-state index is 0.134. The predicted molar refractivity (Wildman–Crippen MR) is 75.5 cm³/mol. The molecule has 1 unspecified atom stereocenters. The smallest absolute Gasteiger partial charge is 0.106 e. The van der Waals surface area contributed by atoms with E-state index in [9.17, 15) is 0 Å². The fraction of sp³-hybridized carbons (Fsp3) is 0.600. The lowest BCUT2D eigenvalue weighted by atomic mass is 10.0. The summed E-state index contributed by atoms with van der Waals surface area (Å²) >= 11 is 0. The second kappa shape index (κ2) is 5.49. The van der Waals surface area contributed by atoms with Crippen molar-refractivity contribution in [1.82, 2.24) is 5.32 Å². The molecule has 0 bridgehead atoms. The van der Waals surface area contributed by atoms with Gasteiger partial charge in [-0.2, -0.15) is 0 Å². The van der Waals surface area contributed by atoms with Crippen LogP contribution in [0, 0.1) is 0 Å². The lowest BCUT2D eigenvalue weighted by Crippen LogP contribution is -2.42. The normalized spacial score (nSPS) is 25.3. The van der Waals surface area contributed by atoms with E-state index in [0.29, 0.717) is 6.61 Å². The first-order chi connectivity index (χ1) is 9.33. The van der Waals surface area contributed by atoms with E-state index >= 15 is 0 Å². The first kappa shape index (κ1) is 12.9. The Morgan fingerprint density at radius 2 is 2.42 bits per heavy atom. The molecule has 0 aromatic heterocycles. The van der Waals surface area contributed by atoms with E-state index < -0.39 is 0 Å². The van der Waals surface area contributed by atoms with Crippen LogP contribution < -0.4 is 10.6 Å². The first-order valence-electron chi connectivity index (χ1n) is 7.01. The van der Waals surface area contributed by atoms with Crippen LogP contribution in [0.4, 0.5) is 5.69 Å². The second-order valence-electron chi connectivity index (χ2n) is 5.42. The van der Waals surface area contributed by atoms with E-state index in [-0.39, 0.29) is 5.60 Å². The van der Waals surface area contributed by atoms with E-state index in [1.54, 1.807) is 7.11 Å². The van der Waals surface area contributed by atoms with Crippen LogP contribution in [0.15, 0.2) is 18.2 Å². The molecule has 2 aliphatic heterocycles. The van der Waals surface area contributed by atoms with E-state index in [0.717, 1.165) is 39.1 Å². The van der Waals surface area contributed by atoms with Gasteiger partial charge < -0.3 is 20.1 Å². The van der Waals surface area contributed by atoms with Crippen LogP contribution in [-0.4, -0.2) is 39.0 Å². The largest absolute Gasteiger partial charge is 0.384 e. The number of fused-ring (bicyclic) bond motifs is 1. The van der Waals surface area contributed by atoms with Crippen LogP contribution >= 0.6 is 0 Å². The fourth-order valence-corrected chi connectivity index (χ4v) is 2.94. The van der Waals surface area contributed by atoms with E-state index in [1.807, 2.05) is 0 Å². The molecular formula is C15H22N2O2. The van der Waals surface area contributed by atoms with Crippen LogP contribution in [0.25, 0.3) is 0 Å². The zero-order chi connectivity index (χ0) is 13.1. The zero-order valence-corrected chi connectivity index (χ0v) is 11.5. The maximum absolute atomic E-state index is 5.63. The van der Waals surface area contributed by atoms with Crippen molar-refractivity contribution in [3.63, 3.8) is 0 Å². The third kappa shape index (κ3) is 2.61. The summed E-state index contributed by atoms with van der Waals surface area (Å²) in [6.45, 7) is 4.27. The number of hydrogen-bond acceptors (Lipinski definition) is 4. The molecule has 0 radical (unpaired) electrons. The minimum atomic E-state index is -0.134. The minimum Gasteiger partial charge on any atom is -0.384 e. The molecule has 2 aliphatic rings. The second-order valence-corrected chi connectivity index (χ2v) is 5.42. The molecule has 1 aromatic carbocycles. The lowest BCUT2D eigenvalue weighted by Gasteiger charge is -2.26. The SMILES string of the molecule is COC1(CNCc2cccc3c2NCC3)CCOC1. The maximum Gasteiger partial charge on any atom is 0.106 e. The van der Waals surface area contributed by atoms with Crippen LogP contribution in [0.5, 0.6) is 0 Å². The number of benzene rings is 1. The molecular weight excluding hydrogens is 240 g/mol. The highest BCUT2D eigenvalue weighted by Crippen LogP contribution is 2.27. The number of para-hydroxylation sites is 1. The van der Waals surface area contributed by atoms with Crippen molar-refractivity contribution in [2.24, 2.45) is 0 Å². The van der Waals surface area contributed by atoms with E-state index in [1.165, 1.54) is 16.8 Å². The molecule has 1 atom stereocenters. The fourth-order valence-electron chi connectivity index (χ4n) is 2.94. The molecule has 0 saturated carbocycles. The number of rotatable bonds is 5. The molecule has 3 rings (SSSR count). The Morgan fingerprint density at radius 3 is 3.21 bits per heavy atom. The molecule has 4 heteroatoms. The topological polar surface area (TPSA) is 42.5 Å². The average molecular weight is 262 g/mol. The van der Waals surface area contributed by atoms with Crippen LogP contribution in [-0.2, 0) is 22.4 Å². The molecule has 1 fully saturated rings. The number of methoxy groups -OCH3 is 1. The summed E-state index contributed by atoms with van der Waals surface area (Å²) in [7, 11) is 1.78. The highest BCUT2D eigenvalue weighted by molar-refractivity contribution is 5.61. The van der Waals surface area contributed by atoms with Crippen molar-refractivity contribution in [3.05, 3.63) is 29.3 Å². The van der Waals surface area contributed by atoms with Gasteiger partial charge in [0, 0.05) is 45.5 Å².